The van der Waals surface area contributed by atoms with Crippen LogP contribution in [0.15, 0.2) is 46.3 Å². The molecule has 29 heavy (non-hydrogen) atoms. The Bertz CT molecular complexity index is 951. The van der Waals surface area contributed by atoms with Gasteiger partial charge in [-0.05, 0) is 43.4 Å². The minimum absolute atomic E-state index is 0.0310. The van der Waals surface area contributed by atoms with Crippen molar-refractivity contribution in [2.45, 2.75) is 25.9 Å². The smallest absolute Gasteiger partial charge is 0.246 e. The van der Waals surface area contributed by atoms with E-state index in [1.54, 1.807) is 29.4 Å². The lowest BCUT2D eigenvalue weighted by atomic mass is 9.95. The maximum atomic E-state index is 13.8. The molecule has 4 rings (SSSR count). The van der Waals surface area contributed by atoms with Crippen LogP contribution in [0.5, 0.6) is 0 Å². The fourth-order valence-corrected chi connectivity index (χ4v) is 4.27. The second-order valence-corrected chi connectivity index (χ2v) is 8.27. The van der Waals surface area contributed by atoms with Crippen LogP contribution in [0.4, 0.5) is 4.39 Å². The Balaban J connectivity index is 1.28. The van der Waals surface area contributed by atoms with Crippen LogP contribution in [0, 0.1) is 11.7 Å². The molecule has 1 aliphatic rings. The van der Waals surface area contributed by atoms with Gasteiger partial charge in [-0.15, -0.1) is 11.3 Å². The van der Waals surface area contributed by atoms with Crippen LogP contribution in [0.1, 0.15) is 24.3 Å². The first-order valence-corrected chi connectivity index (χ1v) is 10.6. The molecule has 152 valence electrons. The minimum Gasteiger partial charge on any atom is -0.337 e. The van der Waals surface area contributed by atoms with Gasteiger partial charge in [0.2, 0.25) is 17.6 Å². The third-order valence-corrected chi connectivity index (χ3v) is 6.11. The number of aromatic nitrogens is 2. The summed E-state index contributed by atoms with van der Waals surface area (Å²) in [5.74, 6) is 0.869. The highest BCUT2D eigenvalue weighted by Crippen LogP contribution is 2.24. The Morgan fingerprint density at radius 1 is 1.28 bits per heavy atom. The van der Waals surface area contributed by atoms with Crippen LogP contribution in [-0.4, -0.2) is 46.0 Å². The summed E-state index contributed by atoms with van der Waals surface area (Å²) < 4.78 is 19.1. The number of piperidine rings is 1. The number of nitrogens with zero attached hydrogens (tertiary/aromatic N) is 4. The summed E-state index contributed by atoms with van der Waals surface area (Å²) in [6.45, 7) is 2.44. The minimum atomic E-state index is -0.174. The lowest BCUT2D eigenvalue weighted by Crippen LogP contribution is -2.40. The first kappa shape index (κ1) is 19.7. The van der Waals surface area contributed by atoms with E-state index in [0.29, 0.717) is 30.4 Å². The topological polar surface area (TPSA) is 62.5 Å². The summed E-state index contributed by atoms with van der Waals surface area (Å²) >= 11 is 1.55. The molecular weight excluding hydrogens is 391 g/mol. The Hall–Kier alpha value is -2.58. The second kappa shape index (κ2) is 8.84. The van der Waals surface area contributed by atoms with E-state index in [0.717, 1.165) is 30.8 Å². The fourth-order valence-electron chi connectivity index (χ4n) is 3.62. The van der Waals surface area contributed by atoms with Crippen molar-refractivity contribution in [2.75, 3.05) is 20.1 Å². The molecule has 0 N–H and O–H groups in total. The highest BCUT2D eigenvalue weighted by Gasteiger charge is 2.28. The molecule has 0 saturated carbocycles. The van der Waals surface area contributed by atoms with Gasteiger partial charge >= 0.3 is 0 Å². The molecule has 0 aliphatic carbocycles. The van der Waals surface area contributed by atoms with Crippen molar-refractivity contribution < 1.29 is 13.7 Å². The van der Waals surface area contributed by atoms with E-state index in [9.17, 15) is 9.18 Å². The average Bonchev–Trinajstić information content (AvgIpc) is 3.41. The Morgan fingerprint density at radius 2 is 2.07 bits per heavy atom. The first-order valence-electron chi connectivity index (χ1n) is 9.67. The number of halogens is 1. The molecule has 6 nitrogen and oxygen atoms in total. The number of likely N-dealkylation sites (tertiary alicyclic amines) is 1. The molecule has 1 amide bonds. The number of benzene rings is 1. The molecule has 0 radical (unpaired) electrons. The summed E-state index contributed by atoms with van der Waals surface area (Å²) in [6, 6.07) is 10.7. The predicted octanol–water partition coefficient (Wildman–Crippen LogP) is 3.81. The SMILES string of the molecule is CN(Cc1nc(-c2cccs2)no1)C(=O)C1CCN(Cc2ccccc2F)CC1. The van der Waals surface area contributed by atoms with E-state index in [-0.39, 0.29) is 17.6 Å². The van der Waals surface area contributed by atoms with Crippen LogP contribution in [0.25, 0.3) is 10.7 Å². The standard InChI is InChI=1S/C21H23FN4O2S/c1-25(14-19-23-20(24-28-19)18-7-4-12-29-18)21(27)15-8-10-26(11-9-15)13-16-5-2-3-6-17(16)22/h2-7,12,15H,8-11,13-14H2,1H3. The lowest BCUT2D eigenvalue weighted by molar-refractivity contribution is -0.136. The van der Waals surface area contributed by atoms with E-state index in [2.05, 4.69) is 15.0 Å². The molecule has 0 spiro atoms. The summed E-state index contributed by atoms with van der Waals surface area (Å²) in [5.41, 5.74) is 0.701. The van der Waals surface area contributed by atoms with Crippen molar-refractivity contribution in [2.24, 2.45) is 5.92 Å². The third kappa shape index (κ3) is 4.71. The van der Waals surface area contributed by atoms with Gasteiger partial charge in [-0.25, -0.2) is 4.39 Å². The van der Waals surface area contributed by atoms with E-state index < -0.39 is 0 Å². The van der Waals surface area contributed by atoms with Crippen LogP contribution < -0.4 is 0 Å². The zero-order chi connectivity index (χ0) is 20.2. The summed E-state index contributed by atoms with van der Waals surface area (Å²) in [7, 11) is 1.77. The summed E-state index contributed by atoms with van der Waals surface area (Å²) in [5, 5.41) is 5.95. The molecule has 2 aromatic heterocycles. The average molecular weight is 415 g/mol. The fraction of sp³-hybridized carbons (Fsp3) is 0.381. The van der Waals surface area contributed by atoms with E-state index >= 15 is 0 Å². The van der Waals surface area contributed by atoms with Crippen molar-refractivity contribution in [1.82, 2.24) is 19.9 Å². The lowest BCUT2D eigenvalue weighted by Gasteiger charge is -2.33. The molecule has 3 aromatic rings. The zero-order valence-corrected chi connectivity index (χ0v) is 17.1. The number of rotatable bonds is 6. The molecular formula is C21H23FN4O2S. The highest BCUT2D eigenvalue weighted by atomic mass is 32.1. The molecule has 1 saturated heterocycles. The normalized spacial score (nSPS) is 15.5. The van der Waals surface area contributed by atoms with Crippen LogP contribution in [0.3, 0.4) is 0 Å². The maximum absolute atomic E-state index is 13.8. The summed E-state index contributed by atoms with van der Waals surface area (Å²) in [6.07, 6.45) is 1.53. The van der Waals surface area contributed by atoms with Gasteiger partial charge in [-0.2, -0.15) is 4.98 Å². The van der Waals surface area contributed by atoms with Crippen molar-refractivity contribution in [1.29, 1.82) is 0 Å². The molecule has 1 aromatic carbocycles. The number of hydrogen-bond donors (Lipinski definition) is 0. The van der Waals surface area contributed by atoms with Gasteiger partial charge in [0, 0.05) is 25.1 Å². The number of thiophene rings is 1. The van der Waals surface area contributed by atoms with E-state index in [1.807, 2.05) is 29.6 Å². The van der Waals surface area contributed by atoms with E-state index in [1.165, 1.54) is 6.07 Å². The van der Waals surface area contributed by atoms with Crippen molar-refractivity contribution >= 4 is 17.2 Å². The van der Waals surface area contributed by atoms with E-state index in [4.69, 9.17) is 4.52 Å². The number of amides is 1. The van der Waals surface area contributed by atoms with Crippen LogP contribution in [0.2, 0.25) is 0 Å². The molecule has 0 unspecified atom stereocenters. The largest absolute Gasteiger partial charge is 0.337 e. The van der Waals surface area contributed by atoms with Crippen LogP contribution >= 0.6 is 11.3 Å². The summed E-state index contributed by atoms with van der Waals surface area (Å²) in [4.78, 5) is 22.0. The number of carbonyl (C=O) groups excluding carboxylic acids is 1. The number of carbonyl (C=O) groups is 1. The molecule has 0 atom stereocenters. The quantitative estimate of drug-likeness (QED) is 0.614. The van der Waals surface area contributed by atoms with Gasteiger partial charge in [0.1, 0.15) is 5.82 Å². The van der Waals surface area contributed by atoms with Crippen LogP contribution in [-0.2, 0) is 17.9 Å². The number of hydrogen-bond acceptors (Lipinski definition) is 6. The van der Waals surface area contributed by atoms with Crippen molar-refractivity contribution in [3.05, 3.63) is 59.0 Å². The molecule has 1 fully saturated rings. The highest BCUT2D eigenvalue weighted by molar-refractivity contribution is 7.13. The predicted molar refractivity (Wildman–Crippen MR) is 108 cm³/mol. The van der Waals surface area contributed by atoms with Crippen molar-refractivity contribution in [3.8, 4) is 10.7 Å². The van der Waals surface area contributed by atoms with Crippen molar-refractivity contribution in [3.63, 3.8) is 0 Å². The molecule has 0 bridgehead atoms. The Labute approximate surface area is 172 Å². The molecule has 1 aliphatic heterocycles. The second-order valence-electron chi connectivity index (χ2n) is 7.33. The first-order chi connectivity index (χ1) is 14.1. The van der Waals surface area contributed by atoms with Gasteiger partial charge in [-0.1, -0.05) is 29.4 Å². The van der Waals surface area contributed by atoms with Gasteiger partial charge in [0.05, 0.1) is 11.4 Å². The van der Waals surface area contributed by atoms with Gasteiger partial charge in [0.15, 0.2) is 0 Å². The third-order valence-electron chi connectivity index (χ3n) is 5.25. The Morgan fingerprint density at radius 3 is 2.79 bits per heavy atom. The van der Waals surface area contributed by atoms with Gasteiger partial charge in [-0.3, -0.25) is 9.69 Å². The Kier molecular flexibility index (Phi) is 6.01. The van der Waals surface area contributed by atoms with Gasteiger partial charge in [0.25, 0.3) is 0 Å². The molecule has 3 heterocycles. The monoisotopic (exact) mass is 414 g/mol. The van der Waals surface area contributed by atoms with Gasteiger partial charge < -0.3 is 9.42 Å². The maximum Gasteiger partial charge on any atom is 0.246 e. The zero-order valence-electron chi connectivity index (χ0n) is 16.3. The molecule has 8 heteroatoms.